The average Bonchev–Trinajstić information content (AvgIpc) is 3.07. The van der Waals surface area contributed by atoms with Crippen LogP contribution in [0.15, 0.2) is 24.3 Å². The van der Waals surface area contributed by atoms with Crippen LogP contribution < -0.4 is 14.2 Å². The number of carbonyl (C=O) groups is 1. The van der Waals surface area contributed by atoms with E-state index in [0.29, 0.717) is 18.8 Å². The number of esters is 1. The molecule has 5 nitrogen and oxygen atoms in total. The van der Waals surface area contributed by atoms with Crippen LogP contribution in [0.25, 0.3) is 0 Å². The summed E-state index contributed by atoms with van der Waals surface area (Å²) in [5.74, 6) is 3.30. The van der Waals surface area contributed by atoms with Crippen LogP contribution in [0.2, 0.25) is 0 Å². The van der Waals surface area contributed by atoms with E-state index in [1.54, 1.807) is 7.11 Å². The van der Waals surface area contributed by atoms with Crippen molar-refractivity contribution in [1.82, 2.24) is 0 Å². The number of methoxy groups -OCH3 is 1. The van der Waals surface area contributed by atoms with E-state index in [0.717, 1.165) is 51.7 Å². The fourth-order valence-electron chi connectivity index (χ4n) is 3.65. The Morgan fingerprint density at radius 1 is 1.24 bits per heavy atom. The van der Waals surface area contributed by atoms with Crippen LogP contribution >= 0.6 is 0 Å². The lowest BCUT2D eigenvalue weighted by Crippen LogP contribution is -2.21. The molecule has 1 aliphatic heterocycles. The second-order valence-corrected chi connectivity index (χ2v) is 7.78. The molecule has 0 N–H and O–H groups in total. The molecule has 0 bridgehead atoms. The Bertz CT molecular complexity index is 901. The summed E-state index contributed by atoms with van der Waals surface area (Å²) in [5, 5.41) is 0. The predicted molar refractivity (Wildman–Crippen MR) is 112 cm³/mol. The Morgan fingerprint density at radius 2 is 2.00 bits per heavy atom. The molecule has 1 heterocycles. The standard InChI is InChI=1S/C24H30O5/c1-7-8-22(25)29-23-13-19-16(5)24(15(4)11-21(19)28-23)27-17-9-10-20(26-6)18(12-17)14(2)3/h9-12,14,23H,7-8,13H2,1-6H3. The van der Waals surface area contributed by atoms with Gasteiger partial charge in [-0.25, -0.2) is 0 Å². The third kappa shape index (κ3) is 4.50. The lowest BCUT2D eigenvalue weighted by Gasteiger charge is -2.17. The number of hydrogen-bond acceptors (Lipinski definition) is 5. The zero-order valence-electron chi connectivity index (χ0n) is 18.1. The molecule has 3 rings (SSSR count). The average molecular weight is 398 g/mol. The van der Waals surface area contributed by atoms with E-state index in [4.69, 9.17) is 18.9 Å². The SMILES string of the molecule is CCCC(=O)OC1Cc2c(cc(C)c(Oc3ccc(OC)c(C(C)C)c3)c2C)O1. The van der Waals surface area contributed by atoms with Gasteiger partial charge >= 0.3 is 5.97 Å². The molecule has 2 aromatic rings. The van der Waals surface area contributed by atoms with Crippen molar-refractivity contribution < 1.29 is 23.7 Å². The first-order valence-electron chi connectivity index (χ1n) is 10.2. The first-order valence-corrected chi connectivity index (χ1v) is 10.2. The number of aryl methyl sites for hydroxylation is 1. The van der Waals surface area contributed by atoms with Gasteiger partial charge in [0.25, 0.3) is 0 Å². The summed E-state index contributed by atoms with van der Waals surface area (Å²) < 4.78 is 23.1. The molecule has 156 valence electrons. The number of ether oxygens (including phenoxy) is 4. The van der Waals surface area contributed by atoms with Crippen LogP contribution in [0.3, 0.4) is 0 Å². The fraction of sp³-hybridized carbons (Fsp3) is 0.458. The van der Waals surface area contributed by atoms with Crippen LogP contribution in [-0.4, -0.2) is 19.4 Å². The van der Waals surface area contributed by atoms with Gasteiger partial charge in [-0.3, -0.25) is 4.79 Å². The van der Waals surface area contributed by atoms with Crippen molar-refractivity contribution in [3.05, 3.63) is 46.5 Å². The lowest BCUT2D eigenvalue weighted by atomic mass is 10.0. The molecule has 1 unspecified atom stereocenters. The third-order valence-electron chi connectivity index (χ3n) is 5.19. The van der Waals surface area contributed by atoms with E-state index in [-0.39, 0.29) is 5.97 Å². The zero-order valence-corrected chi connectivity index (χ0v) is 18.1. The highest BCUT2D eigenvalue weighted by Gasteiger charge is 2.29. The van der Waals surface area contributed by atoms with Crippen molar-refractivity contribution in [3.63, 3.8) is 0 Å². The van der Waals surface area contributed by atoms with Gasteiger partial charge < -0.3 is 18.9 Å². The normalized spacial score (nSPS) is 15.1. The lowest BCUT2D eigenvalue weighted by molar-refractivity contribution is -0.161. The summed E-state index contributed by atoms with van der Waals surface area (Å²) in [5.41, 5.74) is 4.12. The highest BCUT2D eigenvalue weighted by Crippen LogP contribution is 2.41. The topological polar surface area (TPSA) is 54.0 Å². The molecule has 1 atom stereocenters. The van der Waals surface area contributed by atoms with Gasteiger partial charge in [-0.1, -0.05) is 20.8 Å². The minimum Gasteiger partial charge on any atom is -0.496 e. The summed E-state index contributed by atoms with van der Waals surface area (Å²) in [6.45, 7) is 10.2. The maximum Gasteiger partial charge on any atom is 0.308 e. The summed E-state index contributed by atoms with van der Waals surface area (Å²) in [6.07, 6.45) is 1.13. The number of fused-ring (bicyclic) bond motifs is 1. The summed E-state index contributed by atoms with van der Waals surface area (Å²) >= 11 is 0. The molecule has 5 heteroatoms. The molecule has 0 aromatic heterocycles. The number of rotatable bonds is 7. The van der Waals surface area contributed by atoms with Gasteiger partial charge in [-0.2, -0.15) is 0 Å². The van der Waals surface area contributed by atoms with Gasteiger partial charge in [0.1, 0.15) is 23.0 Å². The molecule has 2 aromatic carbocycles. The first kappa shape index (κ1) is 21.0. The minimum absolute atomic E-state index is 0.226. The van der Waals surface area contributed by atoms with Gasteiger partial charge in [0.15, 0.2) is 0 Å². The summed E-state index contributed by atoms with van der Waals surface area (Å²) in [4.78, 5) is 11.8. The maximum atomic E-state index is 11.8. The van der Waals surface area contributed by atoms with Gasteiger partial charge in [0, 0.05) is 17.5 Å². The highest BCUT2D eigenvalue weighted by atomic mass is 16.7. The van der Waals surface area contributed by atoms with Crippen LogP contribution in [0, 0.1) is 13.8 Å². The van der Waals surface area contributed by atoms with Crippen molar-refractivity contribution in [1.29, 1.82) is 0 Å². The zero-order chi connectivity index (χ0) is 21.1. The second kappa shape index (κ2) is 8.76. The molecular formula is C24H30O5. The monoisotopic (exact) mass is 398 g/mol. The highest BCUT2D eigenvalue weighted by molar-refractivity contribution is 5.69. The van der Waals surface area contributed by atoms with Crippen LogP contribution in [0.5, 0.6) is 23.0 Å². The van der Waals surface area contributed by atoms with Crippen molar-refractivity contribution in [2.24, 2.45) is 0 Å². The smallest absolute Gasteiger partial charge is 0.308 e. The number of hydrogen-bond donors (Lipinski definition) is 0. The van der Waals surface area contributed by atoms with E-state index in [2.05, 4.69) is 13.8 Å². The quantitative estimate of drug-likeness (QED) is 0.549. The molecule has 0 saturated heterocycles. The van der Waals surface area contributed by atoms with E-state index in [9.17, 15) is 4.79 Å². The number of carbonyl (C=O) groups excluding carboxylic acids is 1. The van der Waals surface area contributed by atoms with Crippen LogP contribution in [0.4, 0.5) is 0 Å². The first-order chi connectivity index (χ1) is 13.8. The molecule has 0 saturated carbocycles. The third-order valence-corrected chi connectivity index (χ3v) is 5.19. The van der Waals surface area contributed by atoms with E-state index >= 15 is 0 Å². The molecule has 0 aliphatic carbocycles. The Balaban J connectivity index is 1.85. The minimum atomic E-state index is -0.564. The van der Waals surface area contributed by atoms with E-state index in [1.807, 2.05) is 45.0 Å². The van der Waals surface area contributed by atoms with E-state index < -0.39 is 6.29 Å². The summed E-state index contributed by atoms with van der Waals surface area (Å²) in [6, 6.07) is 7.84. The van der Waals surface area contributed by atoms with Gasteiger partial charge in [0.05, 0.1) is 13.5 Å². The molecule has 0 amide bonds. The molecule has 0 radical (unpaired) electrons. The Kier molecular flexibility index (Phi) is 6.36. The number of benzene rings is 2. The van der Waals surface area contributed by atoms with Gasteiger partial charge in [0.2, 0.25) is 6.29 Å². The van der Waals surface area contributed by atoms with E-state index in [1.165, 1.54) is 0 Å². The predicted octanol–water partition coefficient (Wildman–Crippen LogP) is 5.83. The largest absolute Gasteiger partial charge is 0.496 e. The fourth-order valence-corrected chi connectivity index (χ4v) is 3.65. The second-order valence-electron chi connectivity index (χ2n) is 7.78. The molecule has 1 aliphatic rings. The van der Waals surface area contributed by atoms with Crippen molar-refractivity contribution in [2.75, 3.05) is 7.11 Å². The van der Waals surface area contributed by atoms with Crippen molar-refractivity contribution in [2.45, 2.75) is 66.1 Å². The van der Waals surface area contributed by atoms with Crippen LogP contribution in [0.1, 0.15) is 61.8 Å². The molecule has 0 spiro atoms. The molecular weight excluding hydrogens is 368 g/mol. The van der Waals surface area contributed by atoms with Crippen LogP contribution in [-0.2, 0) is 16.0 Å². The van der Waals surface area contributed by atoms with Gasteiger partial charge in [-0.15, -0.1) is 0 Å². The Hall–Kier alpha value is -2.69. The molecule has 29 heavy (non-hydrogen) atoms. The maximum absolute atomic E-state index is 11.8. The van der Waals surface area contributed by atoms with Crippen molar-refractivity contribution in [3.8, 4) is 23.0 Å². The molecule has 0 fully saturated rings. The van der Waals surface area contributed by atoms with Gasteiger partial charge in [-0.05, 0) is 61.6 Å². The summed E-state index contributed by atoms with van der Waals surface area (Å²) in [7, 11) is 1.68. The van der Waals surface area contributed by atoms with Crippen molar-refractivity contribution >= 4 is 5.97 Å². The Labute approximate surface area is 172 Å². The Morgan fingerprint density at radius 3 is 2.66 bits per heavy atom.